The van der Waals surface area contributed by atoms with Gasteiger partial charge in [-0.1, -0.05) is 11.4 Å². The van der Waals surface area contributed by atoms with Crippen molar-refractivity contribution in [1.82, 2.24) is 15.1 Å². The number of aromatic nitrogens is 2. The van der Waals surface area contributed by atoms with E-state index in [1.807, 2.05) is 12.4 Å². The van der Waals surface area contributed by atoms with Gasteiger partial charge in [-0.05, 0) is 18.0 Å². The molecule has 0 aliphatic carbocycles. The zero-order valence-corrected chi connectivity index (χ0v) is 8.71. The van der Waals surface area contributed by atoms with E-state index in [1.54, 1.807) is 0 Å². The number of hydrogen-bond donors (Lipinski definition) is 2. The van der Waals surface area contributed by atoms with E-state index < -0.39 is 18.5 Å². The van der Waals surface area contributed by atoms with Gasteiger partial charge in [-0.2, -0.15) is 0 Å². The number of carboxylic acid groups (broad SMARTS) is 1. The second-order valence-electron chi connectivity index (χ2n) is 2.52. The molecule has 2 N–H and O–H groups in total. The van der Waals surface area contributed by atoms with Gasteiger partial charge in [0.25, 0.3) is 5.91 Å². The first-order valence-corrected chi connectivity index (χ1v) is 4.87. The van der Waals surface area contributed by atoms with Crippen LogP contribution in [-0.4, -0.2) is 33.2 Å². The first-order valence-electron chi connectivity index (χ1n) is 4.10. The Morgan fingerprint density at radius 1 is 1.60 bits per heavy atom. The molecule has 1 heterocycles. The molecular formula is C7H9N3O4S. The third kappa shape index (κ3) is 3.26. The van der Waals surface area contributed by atoms with Crippen LogP contribution in [0.25, 0.3) is 0 Å². The molecule has 0 atom stereocenters. The Hall–Kier alpha value is -1.54. The molecule has 0 saturated carbocycles. The largest absolute Gasteiger partial charge is 0.479 e. The molecule has 0 saturated heterocycles. The number of nitrogens with zero attached hydrogens (tertiary/aromatic N) is 2. The van der Waals surface area contributed by atoms with Gasteiger partial charge in [0.2, 0.25) is 0 Å². The molecule has 0 aliphatic rings. The van der Waals surface area contributed by atoms with E-state index in [4.69, 9.17) is 5.11 Å². The number of aliphatic carboxylic acids is 1. The fraction of sp³-hybridized carbons (Fsp3) is 0.429. The molecule has 1 aromatic rings. The summed E-state index contributed by atoms with van der Waals surface area (Å²) in [4.78, 5) is 26.2. The zero-order chi connectivity index (χ0) is 11.3. The van der Waals surface area contributed by atoms with Crippen molar-refractivity contribution in [1.29, 1.82) is 0 Å². The van der Waals surface area contributed by atoms with Gasteiger partial charge in [-0.3, -0.25) is 9.63 Å². The molecule has 7 nitrogen and oxygen atoms in total. The van der Waals surface area contributed by atoms with Gasteiger partial charge < -0.3 is 5.11 Å². The van der Waals surface area contributed by atoms with Crippen LogP contribution in [-0.2, 0) is 16.1 Å². The first kappa shape index (κ1) is 11.5. The molecule has 15 heavy (non-hydrogen) atoms. The number of hydroxylamine groups is 1. The lowest BCUT2D eigenvalue weighted by Gasteiger charge is -2.01. The van der Waals surface area contributed by atoms with Crippen LogP contribution in [0.4, 0.5) is 0 Å². The van der Waals surface area contributed by atoms with Crippen molar-refractivity contribution in [2.24, 2.45) is 0 Å². The Bertz CT molecular complexity index is 365. The highest BCUT2D eigenvalue weighted by Gasteiger charge is 2.15. The van der Waals surface area contributed by atoms with E-state index in [1.165, 1.54) is 0 Å². The van der Waals surface area contributed by atoms with Crippen LogP contribution in [0.1, 0.15) is 22.3 Å². The van der Waals surface area contributed by atoms with Crippen LogP contribution in [0.3, 0.4) is 0 Å². The maximum Gasteiger partial charge on any atom is 0.332 e. The van der Waals surface area contributed by atoms with E-state index in [-0.39, 0.29) is 0 Å². The monoisotopic (exact) mass is 231 g/mol. The lowest BCUT2D eigenvalue weighted by molar-refractivity contribution is -0.144. The van der Waals surface area contributed by atoms with E-state index in [0.717, 1.165) is 11.5 Å². The minimum absolute atomic E-state index is 0.336. The minimum atomic E-state index is -1.16. The second kappa shape index (κ2) is 5.37. The van der Waals surface area contributed by atoms with Crippen LogP contribution < -0.4 is 5.48 Å². The molecule has 8 heteroatoms. The molecule has 0 radical (unpaired) electrons. The average Bonchev–Trinajstić information content (AvgIpc) is 2.64. The molecule has 0 aromatic carbocycles. The lowest BCUT2D eigenvalue weighted by Crippen LogP contribution is -2.26. The predicted molar refractivity (Wildman–Crippen MR) is 50.3 cm³/mol. The van der Waals surface area contributed by atoms with Gasteiger partial charge in [0.05, 0.1) is 5.69 Å². The van der Waals surface area contributed by atoms with Crippen LogP contribution in [0.15, 0.2) is 0 Å². The van der Waals surface area contributed by atoms with Gasteiger partial charge in [-0.15, -0.1) is 5.10 Å². The van der Waals surface area contributed by atoms with E-state index >= 15 is 0 Å². The normalized spacial score (nSPS) is 9.93. The quantitative estimate of drug-likeness (QED) is 0.683. The van der Waals surface area contributed by atoms with Crippen LogP contribution >= 0.6 is 11.5 Å². The van der Waals surface area contributed by atoms with Crippen molar-refractivity contribution in [2.45, 2.75) is 13.3 Å². The van der Waals surface area contributed by atoms with Crippen molar-refractivity contribution in [3.63, 3.8) is 0 Å². The second-order valence-corrected chi connectivity index (χ2v) is 3.27. The Labute approximate surface area is 89.2 Å². The van der Waals surface area contributed by atoms with Gasteiger partial charge >= 0.3 is 5.97 Å². The van der Waals surface area contributed by atoms with Crippen molar-refractivity contribution in [2.75, 3.05) is 6.61 Å². The molecule has 0 bridgehead atoms. The zero-order valence-electron chi connectivity index (χ0n) is 7.89. The van der Waals surface area contributed by atoms with Gasteiger partial charge in [0.15, 0.2) is 6.61 Å². The summed E-state index contributed by atoms with van der Waals surface area (Å²) in [5.41, 5.74) is 2.57. The summed E-state index contributed by atoms with van der Waals surface area (Å²) in [5.74, 6) is -1.68. The molecule has 0 unspecified atom stereocenters. The Morgan fingerprint density at radius 3 is 2.93 bits per heavy atom. The molecule has 82 valence electrons. The predicted octanol–water partition coefficient (Wildman–Crippen LogP) is -0.154. The van der Waals surface area contributed by atoms with Crippen molar-refractivity contribution in [3.8, 4) is 0 Å². The summed E-state index contributed by atoms with van der Waals surface area (Å²) >= 11 is 0.940. The summed E-state index contributed by atoms with van der Waals surface area (Å²) in [6, 6.07) is 0. The van der Waals surface area contributed by atoms with E-state index in [9.17, 15) is 9.59 Å². The topological polar surface area (TPSA) is 101 Å². The maximum atomic E-state index is 11.4. The fourth-order valence-corrected chi connectivity index (χ4v) is 1.46. The number of aryl methyl sites for hydroxylation is 1. The standard InChI is InChI=1S/C7H9N3O4S/c1-2-4-6(15-10-8-4)7(13)9-14-3-5(11)12/h2-3H2,1H3,(H,9,13)(H,11,12). The van der Waals surface area contributed by atoms with Crippen LogP contribution in [0.5, 0.6) is 0 Å². The molecule has 1 aromatic heterocycles. The van der Waals surface area contributed by atoms with Gasteiger partial charge in [0, 0.05) is 0 Å². The third-order valence-electron chi connectivity index (χ3n) is 1.46. The summed E-state index contributed by atoms with van der Waals surface area (Å²) < 4.78 is 3.62. The summed E-state index contributed by atoms with van der Waals surface area (Å²) in [6.45, 7) is 1.26. The lowest BCUT2D eigenvalue weighted by atomic mass is 10.3. The number of rotatable bonds is 5. The third-order valence-corrected chi connectivity index (χ3v) is 2.22. The summed E-state index contributed by atoms with van der Waals surface area (Å²) in [7, 11) is 0. The summed E-state index contributed by atoms with van der Waals surface area (Å²) in [5, 5.41) is 12.0. The fourth-order valence-electron chi connectivity index (χ4n) is 0.822. The molecule has 0 spiro atoms. The van der Waals surface area contributed by atoms with Crippen LogP contribution in [0, 0.1) is 0 Å². The Balaban J connectivity index is 2.50. The first-order chi connectivity index (χ1) is 7.15. The van der Waals surface area contributed by atoms with Crippen molar-refractivity contribution in [3.05, 3.63) is 10.6 Å². The minimum Gasteiger partial charge on any atom is -0.479 e. The molecule has 1 amide bonds. The van der Waals surface area contributed by atoms with Crippen molar-refractivity contribution < 1.29 is 19.5 Å². The molecule has 0 aliphatic heterocycles. The number of nitrogens with one attached hydrogen (secondary N) is 1. The SMILES string of the molecule is CCc1nnsc1C(=O)NOCC(=O)O. The molecular weight excluding hydrogens is 222 g/mol. The maximum absolute atomic E-state index is 11.4. The highest BCUT2D eigenvalue weighted by atomic mass is 32.1. The number of carbonyl (C=O) groups excluding carboxylic acids is 1. The number of hydrogen-bond acceptors (Lipinski definition) is 6. The number of carbonyl (C=O) groups is 2. The molecule has 1 rings (SSSR count). The smallest absolute Gasteiger partial charge is 0.332 e. The van der Waals surface area contributed by atoms with E-state index in [2.05, 4.69) is 14.4 Å². The van der Waals surface area contributed by atoms with Gasteiger partial charge in [-0.25, -0.2) is 10.3 Å². The van der Waals surface area contributed by atoms with Crippen molar-refractivity contribution >= 4 is 23.4 Å². The molecule has 0 fully saturated rings. The Morgan fingerprint density at radius 2 is 2.33 bits per heavy atom. The summed E-state index contributed by atoms with van der Waals surface area (Å²) in [6.07, 6.45) is 0.582. The Kier molecular flexibility index (Phi) is 4.13. The highest BCUT2D eigenvalue weighted by Crippen LogP contribution is 2.10. The number of carboxylic acids is 1. The highest BCUT2D eigenvalue weighted by molar-refractivity contribution is 7.07. The van der Waals surface area contributed by atoms with Crippen LogP contribution in [0.2, 0.25) is 0 Å². The van der Waals surface area contributed by atoms with E-state index in [0.29, 0.717) is 17.0 Å². The number of amides is 1. The van der Waals surface area contributed by atoms with Gasteiger partial charge in [0.1, 0.15) is 4.88 Å². The average molecular weight is 231 g/mol.